The molecule has 3 rings (SSSR count). The number of rotatable bonds is 6. The highest BCUT2D eigenvalue weighted by molar-refractivity contribution is 7.92. The fourth-order valence-electron chi connectivity index (χ4n) is 3.67. The van der Waals surface area contributed by atoms with Crippen LogP contribution in [0, 0.1) is 6.92 Å². The summed E-state index contributed by atoms with van der Waals surface area (Å²) in [6.07, 6.45) is 2.77. The zero-order valence-electron chi connectivity index (χ0n) is 17.3. The average Bonchev–Trinajstić information content (AvgIpc) is 3.22. The molecule has 0 aliphatic heterocycles. The van der Waals surface area contributed by atoms with Crippen LogP contribution in [-0.2, 0) is 19.6 Å². The molecule has 2 aromatic rings. The molecule has 160 valence electrons. The summed E-state index contributed by atoms with van der Waals surface area (Å²) in [6, 6.07) is 12.9. The summed E-state index contributed by atoms with van der Waals surface area (Å²) >= 11 is 0. The number of hydrogen-bond donors (Lipinski definition) is 1. The Kier molecular flexibility index (Phi) is 6.17. The van der Waals surface area contributed by atoms with Gasteiger partial charge in [-0.25, -0.2) is 13.2 Å². The lowest BCUT2D eigenvalue weighted by Gasteiger charge is -2.27. The second-order valence-corrected chi connectivity index (χ2v) is 9.54. The third kappa shape index (κ3) is 4.18. The number of nitrogens with one attached hydrogen (secondary N) is 1. The van der Waals surface area contributed by atoms with E-state index in [9.17, 15) is 18.0 Å². The van der Waals surface area contributed by atoms with Gasteiger partial charge in [0.15, 0.2) is 0 Å². The van der Waals surface area contributed by atoms with Crippen LogP contribution < -0.4 is 9.62 Å². The van der Waals surface area contributed by atoms with Crippen molar-refractivity contribution in [1.29, 1.82) is 0 Å². The Balaban J connectivity index is 1.78. The average molecular weight is 431 g/mol. The van der Waals surface area contributed by atoms with Crippen molar-refractivity contribution in [2.24, 2.45) is 0 Å². The zero-order valence-corrected chi connectivity index (χ0v) is 18.2. The lowest BCUT2D eigenvalue weighted by atomic mass is 9.97. The standard InChI is InChI=1S/C22H26N2O5S/c1-16-6-12-19(13-7-16)30(27,28)24(2)18-10-8-17(9-11-18)20(25)23-22(21(26)29-3)14-4-5-15-22/h6-13H,4-5,14-15H2,1-3H3,(H,23,25). The monoisotopic (exact) mass is 430 g/mol. The molecule has 1 fully saturated rings. The van der Waals surface area contributed by atoms with E-state index in [2.05, 4.69) is 5.32 Å². The molecule has 0 spiro atoms. The number of amides is 1. The van der Waals surface area contributed by atoms with E-state index in [1.807, 2.05) is 6.92 Å². The van der Waals surface area contributed by atoms with Crippen LogP contribution in [0.4, 0.5) is 5.69 Å². The van der Waals surface area contributed by atoms with E-state index >= 15 is 0 Å². The van der Waals surface area contributed by atoms with E-state index in [4.69, 9.17) is 4.74 Å². The number of carbonyl (C=O) groups excluding carboxylic acids is 2. The van der Waals surface area contributed by atoms with Crippen LogP contribution in [0.1, 0.15) is 41.6 Å². The quantitative estimate of drug-likeness (QED) is 0.711. The highest BCUT2D eigenvalue weighted by Crippen LogP contribution is 2.31. The molecule has 0 atom stereocenters. The predicted molar refractivity (Wildman–Crippen MR) is 114 cm³/mol. The maximum atomic E-state index is 12.8. The molecule has 0 radical (unpaired) electrons. The van der Waals surface area contributed by atoms with Crippen molar-refractivity contribution in [2.75, 3.05) is 18.5 Å². The van der Waals surface area contributed by atoms with Gasteiger partial charge in [-0.3, -0.25) is 9.10 Å². The lowest BCUT2D eigenvalue weighted by Crippen LogP contribution is -2.53. The van der Waals surface area contributed by atoms with E-state index in [1.54, 1.807) is 48.5 Å². The normalized spacial score (nSPS) is 15.4. The highest BCUT2D eigenvalue weighted by Gasteiger charge is 2.43. The van der Waals surface area contributed by atoms with Crippen molar-refractivity contribution in [3.63, 3.8) is 0 Å². The summed E-state index contributed by atoms with van der Waals surface area (Å²) in [7, 11) is -0.933. The van der Waals surface area contributed by atoms with Crippen LogP contribution in [0.25, 0.3) is 0 Å². The molecule has 0 bridgehead atoms. The van der Waals surface area contributed by atoms with E-state index < -0.39 is 27.4 Å². The first-order valence-corrected chi connectivity index (χ1v) is 11.2. The van der Waals surface area contributed by atoms with E-state index in [1.165, 1.54) is 18.5 Å². The maximum absolute atomic E-state index is 12.8. The summed E-state index contributed by atoms with van der Waals surface area (Å²) in [5.41, 5.74) is 0.750. The van der Waals surface area contributed by atoms with Crippen molar-refractivity contribution >= 4 is 27.6 Å². The number of esters is 1. The number of benzene rings is 2. The molecule has 2 aromatic carbocycles. The highest BCUT2D eigenvalue weighted by atomic mass is 32.2. The third-order valence-corrected chi connectivity index (χ3v) is 7.36. The Labute approximate surface area is 177 Å². The Morgan fingerprint density at radius 1 is 1.00 bits per heavy atom. The molecular formula is C22H26N2O5S. The first kappa shape index (κ1) is 21.8. The number of hydrogen-bond acceptors (Lipinski definition) is 5. The Morgan fingerprint density at radius 2 is 1.57 bits per heavy atom. The van der Waals surface area contributed by atoms with Gasteiger partial charge >= 0.3 is 5.97 Å². The minimum atomic E-state index is -3.71. The van der Waals surface area contributed by atoms with Gasteiger partial charge in [-0.05, 0) is 56.2 Å². The fourth-order valence-corrected chi connectivity index (χ4v) is 4.87. The smallest absolute Gasteiger partial charge is 0.331 e. The molecule has 0 saturated heterocycles. The van der Waals surface area contributed by atoms with Gasteiger partial charge in [0.25, 0.3) is 15.9 Å². The van der Waals surface area contributed by atoms with Gasteiger partial charge < -0.3 is 10.1 Å². The van der Waals surface area contributed by atoms with Crippen LogP contribution >= 0.6 is 0 Å². The topological polar surface area (TPSA) is 92.8 Å². The Hall–Kier alpha value is -2.87. The molecule has 30 heavy (non-hydrogen) atoms. The largest absolute Gasteiger partial charge is 0.467 e. The SMILES string of the molecule is COC(=O)C1(NC(=O)c2ccc(N(C)S(=O)(=O)c3ccc(C)cc3)cc2)CCCC1. The molecule has 1 N–H and O–H groups in total. The summed E-state index contributed by atoms with van der Waals surface area (Å²) in [5.74, 6) is -0.827. The number of sulfonamides is 1. The van der Waals surface area contributed by atoms with E-state index in [0.717, 1.165) is 18.4 Å². The second-order valence-electron chi connectivity index (χ2n) is 7.57. The van der Waals surface area contributed by atoms with Crippen LogP contribution in [0.5, 0.6) is 0 Å². The maximum Gasteiger partial charge on any atom is 0.331 e. The van der Waals surface area contributed by atoms with E-state index in [0.29, 0.717) is 24.1 Å². The third-order valence-electron chi connectivity index (χ3n) is 5.56. The molecule has 8 heteroatoms. The minimum Gasteiger partial charge on any atom is -0.467 e. The first-order valence-electron chi connectivity index (χ1n) is 9.76. The van der Waals surface area contributed by atoms with Crippen molar-refractivity contribution in [1.82, 2.24) is 5.32 Å². The minimum absolute atomic E-state index is 0.193. The Bertz CT molecular complexity index is 1020. The molecule has 1 aliphatic rings. The summed E-state index contributed by atoms with van der Waals surface area (Å²) < 4.78 is 31.7. The van der Waals surface area contributed by atoms with E-state index in [-0.39, 0.29) is 4.90 Å². The number of aryl methyl sites for hydroxylation is 1. The number of methoxy groups -OCH3 is 1. The summed E-state index contributed by atoms with van der Waals surface area (Å²) in [4.78, 5) is 25.1. The molecule has 0 unspecified atom stereocenters. The predicted octanol–water partition coefficient (Wildman–Crippen LogP) is 3.04. The first-order chi connectivity index (χ1) is 14.2. The molecule has 1 amide bonds. The van der Waals surface area contributed by atoms with Crippen molar-refractivity contribution in [2.45, 2.75) is 43.0 Å². The van der Waals surface area contributed by atoms with Gasteiger partial charge in [-0.15, -0.1) is 0 Å². The molecule has 0 aromatic heterocycles. The zero-order chi connectivity index (χ0) is 21.9. The number of carbonyl (C=O) groups is 2. The number of ether oxygens (including phenoxy) is 1. The van der Waals surface area contributed by atoms with Gasteiger partial charge in [0.2, 0.25) is 0 Å². The fraction of sp³-hybridized carbons (Fsp3) is 0.364. The lowest BCUT2D eigenvalue weighted by molar-refractivity contribution is -0.148. The molecule has 1 saturated carbocycles. The number of nitrogens with zero attached hydrogens (tertiary/aromatic N) is 1. The Morgan fingerprint density at radius 3 is 2.10 bits per heavy atom. The van der Waals surface area contributed by atoms with Crippen LogP contribution in [0.2, 0.25) is 0 Å². The van der Waals surface area contributed by atoms with Crippen LogP contribution in [0.15, 0.2) is 53.4 Å². The van der Waals surface area contributed by atoms with Crippen molar-refractivity contribution in [3.8, 4) is 0 Å². The van der Waals surface area contributed by atoms with Crippen molar-refractivity contribution < 1.29 is 22.7 Å². The van der Waals surface area contributed by atoms with Gasteiger partial charge in [0, 0.05) is 12.6 Å². The second kappa shape index (κ2) is 8.47. The van der Waals surface area contributed by atoms with Crippen LogP contribution in [0.3, 0.4) is 0 Å². The molecule has 1 aliphatic carbocycles. The molecule has 7 nitrogen and oxygen atoms in total. The number of anilines is 1. The summed E-state index contributed by atoms with van der Waals surface area (Å²) in [6.45, 7) is 1.89. The van der Waals surface area contributed by atoms with Gasteiger partial charge in [0.05, 0.1) is 17.7 Å². The van der Waals surface area contributed by atoms with Gasteiger partial charge in [-0.1, -0.05) is 30.5 Å². The van der Waals surface area contributed by atoms with Gasteiger partial charge in [-0.2, -0.15) is 0 Å². The van der Waals surface area contributed by atoms with Crippen LogP contribution in [-0.4, -0.2) is 40.0 Å². The summed E-state index contributed by atoms with van der Waals surface area (Å²) in [5, 5.41) is 2.82. The molecular weight excluding hydrogens is 404 g/mol. The van der Waals surface area contributed by atoms with Gasteiger partial charge in [0.1, 0.15) is 5.54 Å². The van der Waals surface area contributed by atoms with Crippen molar-refractivity contribution in [3.05, 3.63) is 59.7 Å². The molecule has 0 heterocycles.